The summed E-state index contributed by atoms with van der Waals surface area (Å²) < 4.78 is 6.19. The van der Waals surface area contributed by atoms with Crippen molar-refractivity contribution in [2.75, 3.05) is 6.73 Å². The third-order valence-electron chi connectivity index (χ3n) is 0.669. The maximum Gasteiger partial charge on any atom is 0.207 e. The number of hydrogen-bond donors (Lipinski definition) is 0. The molecule has 0 aromatic heterocycles. The Morgan fingerprint density at radius 3 is 3.22 bits per heavy atom. The fourth-order valence-electron chi connectivity index (χ4n) is 0.415. The van der Waals surface area contributed by atoms with Crippen LogP contribution in [0.25, 0.3) is 0 Å². The molecule has 1 rings (SSSR count). The van der Waals surface area contributed by atoms with Crippen LogP contribution in [0.4, 0.5) is 0 Å². The summed E-state index contributed by atoms with van der Waals surface area (Å²) in [5, 5.41) is 3.72. The van der Waals surface area contributed by atoms with Crippen LogP contribution in [0, 0.1) is 0 Å². The quantitative estimate of drug-likeness (QED) is 0.502. The van der Waals surface area contributed by atoms with Gasteiger partial charge in [0.25, 0.3) is 0 Å². The van der Waals surface area contributed by atoms with Crippen molar-refractivity contribution in [3.8, 4) is 0 Å². The highest BCUT2D eigenvalue weighted by Gasteiger charge is 2.08. The predicted molar refractivity (Wildman–Crippen MR) is 34.6 cm³/mol. The van der Waals surface area contributed by atoms with E-state index < -0.39 is 0 Å². The van der Waals surface area contributed by atoms with Crippen LogP contribution >= 0.6 is 11.9 Å². The summed E-state index contributed by atoms with van der Waals surface area (Å²) in [6.07, 6.45) is 1.32. The Morgan fingerprint density at radius 2 is 2.78 bits per heavy atom. The van der Waals surface area contributed by atoms with Crippen LogP contribution < -0.4 is 0 Å². The molecule has 1 aliphatic rings. The highest BCUT2D eigenvalue weighted by molar-refractivity contribution is 8.11. The third kappa shape index (κ3) is 1.93. The SMILES string of the molecule is CC(=O)SN1COC=N1. The molecule has 9 heavy (non-hydrogen) atoms. The molecule has 0 radical (unpaired) electrons. The molecule has 1 heterocycles. The first-order chi connectivity index (χ1) is 4.29. The maximum absolute atomic E-state index is 10.4. The van der Waals surface area contributed by atoms with E-state index in [1.165, 1.54) is 17.7 Å². The second-order valence-corrected chi connectivity index (χ2v) is 2.63. The fraction of sp³-hybridized carbons (Fsp3) is 0.500. The molecule has 4 nitrogen and oxygen atoms in total. The van der Waals surface area contributed by atoms with Gasteiger partial charge in [0.15, 0.2) is 13.1 Å². The van der Waals surface area contributed by atoms with E-state index in [9.17, 15) is 4.79 Å². The summed E-state index contributed by atoms with van der Waals surface area (Å²) in [5.41, 5.74) is 0. The molecule has 0 atom stereocenters. The molecule has 5 heteroatoms. The van der Waals surface area contributed by atoms with Crippen LogP contribution in [0.1, 0.15) is 6.92 Å². The Morgan fingerprint density at radius 1 is 2.00 bits per heavy atom. The second kappa shape index (κ2) is 2.72. The van der Waals surface area contributed by atoms with Crippen LogP contribution in [0.5, 0.6) is 0 Å². The van der Waals surface area contributed by atoms with E-state index in [1.807, 2.05) is 0 Å². The molecule has 0 spiro atoms. The van der Waals surface area contributed by atoms with Gasteiger partial charge in [0, 0.05) is 18.9 Å². The van der Waals surface area contributed by atoms with Gasteiger partial charge in [-0.05, 0) is 0 Å². The van der Waals surface area contributed by atoms with Gasteiger partial charge in [0.05, 0.1) is 0 Å². The monoisotopic (exact) mass is 146 g/mol. The Hall–Kier alpha value is -0.710. The lowest BCUT2D eigenvalue weighted by molar-refractivity contribution is -0.109. The molecular formula is C4H6N2O2S. The largest absolute Gasteiger partial charge is 0.459 e. The van der Waals surface area contributed by atoms with Crippen LogP contribution in [0.15, 0.2) is 5.10 Å². The molecule has 0 aromatic carbocycles. The summed E-state index contributed by atoms with van der Waals surface area (Å²) >= 11 is 1.03. The van der Waals surface area contributed by atoms with Gasteiger partial charge < -0.3 is 4.74 Å². The minimum Gasteiger partial charge on any atom is -0.459 e. The Labute approximate surface area is 57.0 Å². The lowest BCUT2D eigenvalue weighted by Gasteiger charge is -2.04. The van der Waals surface area contributed by atoms with E-state index in [4.69, 9.17) is 4.74 Å². The number of ether oxygens (including phenoxy) is 1. The van der Waals surface area contributed by atoms with Gasteiger partial charge in [-0.2, -0.15) is 4.41 Å². The summed E-state index contributed by atoms with van der Waals surface area (Å²) in [6, 6.07) is 0. The smallest absolute Gasteiger partial charge is 0.207 e. The molecular weight excluding hydrogens is 140 g/mol. The molecule has 1 aliphatic heterocycles. The van der Waals surface area contributed by atoms with E-state index >= 15 is 0 Å². The summed E-state index contributed by atoms with van der Waals surface area (Å²) in [4.78, 5) is 10.4. The van der Waals surface area contributed by atoms with Crippen LogP contribution in [-0.2, 0) is 9.53 Å². The van der Waals surface area contributed by atoms with Gasteiger partial charge >= 0.3 is 0 Å². The topological polar surface area (TPSA) is 41.9 Å². The number of carbonyl (C=O) groups is 1. The number of hydrogen-bond acceptors (Lipinski definition) is 5. The number of carbonyl (C=O) groups excluding carboxylic acids is 1. The highest BCUT2D eigenvalue weighted by atomic mass is 32.2. The Bertz CT molecular complexity index is 148. The lowest BCUT2D eigenvalue weighted by Crippen LogP contribution is -2.06. The molecule has 0 aromatic rings. The first-order valence-electron chi connectivity index (χ1n) is 2.39. The van der Waals surface area contributed by atoms with Crippen molar-refractivity contribution in [1.82, 2.24) is 4.41 Å². The summed E-state index contributed by atoms with van der Waals surface area (Å²) in [7, 11) is 0. The molecule has 0 unspecified atom stereocenters. The predicted octanol–water partition coefficient (Wildman–Crippen LogP) is 0.414. The Balaban J connectivity index is 2.28. The number of hydrazone groups is 1. The van der Waals surface area contributed by atoms with E-state index in [0.717, 1.165) is 11.9 Å². The van der Waals surface area contributed by atoms with Crippen molar-refractivity contribution in [2.24, 2.45) is 5.10 Å². The number of rotatable bonds is 1. The van der Waals surface area contributed by atoms with E-state index in [-0.39, 0.29) is 5.12 Å². The molecule has 0 N–H and O–H groups in total. The van der Waals surface area contributed by atoms with Gasteiger partial charge in [-0.3, -0.25) is 4.79 Å². The molecule has 0 bridgehead atoms. The average molecular weight is 146 g/mol. The third-order valence-corrected chi connectivity index (χ3v) is 1.34. The second-order valence-electron chi connectivity index (χ2n) is 1.45. The van der Waals surface area contributed by atoms with Crippen molar-refractivity contribution in [3.05, 3.63) is 0 Å². The molecule has 50 valence electrons. The average Bonchev–Trinajstić information content (AvgIpc) is 2.15. The molecule has 0 saturated heterocycles. The first-order valence-corrected chi connectivity index (χ1v) is 3.16. The first kappa shape index (κ1) is 6.41. The van der Waals surface area contributed by atoms with E-state index in [1.54, 1.807) is 0 Å². The molecule has 0 fully saturated rings. The highest BCUT2D eigenvalue weighted by Crippen LogP contribution is 2.12. The zero-order chi connectivity index (χ0) is 6.69. The Kier molecular flexibility index (Phi) is 1.94. The zero-order valence-electron chi connectivity index (χ0n) is 4.90. The van der Waals surface area contributed by atoms with E-state index in [2.05, 4.69) is 5.10 Å². The maximum atomic E-state index is 10.4. The van der Waals surface area contributed by atoms with Crippen molar-refractivity contribution >= 4 is 23.5 Å². The van der Waals surface area contributed by atoms with Crippen molar-refractivity contribution in [3.63, 3.8) is 0 Å². The minimum absolute atomic E-state index is 0.0117. The molecule has 0 saturated carbocycles. The van der Waals surface area contributed by atoms with E-state index in [0.29, 0.717) is 6.73 Å². The van der Waals surface area contributed by atoms with Gasteiger partial charge in [0.2, 0.25) is 5.12 Å². The number of nitrogens with zero attached hydrogens (tertiary/aromatic N) is 2. The minimum atomic E-state index is 0.0117. The summed E-state index contributed by atoms with van der Waals surface area (Å²) in [6.45, 7) is 1.85. The van der Waals surface area contributed by atoms with Gasteiger partial charge in [-0.15, -0.1) is 5.10 Å². The molecule has 0 aliphatic carbocycles. The van der Waals surface area contributed by atoms with Crippen molar-refractivity contribution < 1.29 is 9.53 Å². The van der Waals surface area contributed by atoms with Gasteiger partial charge in [-0.1, -0.05) is 0 Å². The molecule has 0 amide bonds. The van der Waals surface area contributed by atoms with Crippen molar-refractivity contribution in [2.45, 2.75) is 6.92 Å². The van der Waals surface area contributed by atoms with Crippen LogP contribution in [0.2, 0.25) is 0 Å². The fourth-order valence-corrected chi connectivity index (χ4v) is 0.911. The van der Waals surface area contributed by atoms with Gasteiger partial charge in [-0.25, -0.2) is 0 Å². The summed E-state index contributed by atoms with van der Waals surface area (Å²) in [5.74, 6) is 0. The zero-order valence-corrected chi connectivity index (χ0v) is 5.72. The van der Waals surface area contributed by atoms with Crippen molar-refractivity contribution in [1.29, 1.82) is 0 Å². The van der Waals surface area contributed by atoms with Gasteiger partial charge in [0.1, 0.15) is 0 Å². The van der Waals surface area contributed by atoms with Crippen LogP contribution in [0.3, 0.4) is 0 Å². The lowest BCUT2D eigenvalue weighted by atomic mass is 10.9. The standard InChI is InChI=1S/C4H6N2O2S/c1-4(7)9-6-3-8-2-5-6/h2H,3H2,1H3. The normalized spacial score (nSPS) is 15.9. The van der Waals surface area contributed by atoms with Crippen LogP contribution in [-0.4, -0.2) is 22.7 Å².